The van der Waals surface area contributed by atoms with E-state index in [1.165, 1.54) is 0 Å². The lowest BCUT2D eigenvalue weighted by Gasteiger charge is -2.14. The van der Waals surface area contributed by atoms with Gasteiger partial charge in [0.1, 0.15) is 0 Å². The Balaban J connectivity index is 1.79. The molecule has 0 saturated carbocycles. The Kier molecular flexibility index (Phi) is 5.26. The second-order valence-corrected chi connectivity index (χ2v) is 5.74. The summed E-state index contributed by atoms with van der Waals surface area (Å²) in [4.78, 5) is 16.2. The monoisotopic (exact) mass is 289 g/mol. The molecule has 0 aliphatic rings. The predicted molar refractivity (Wildman–Crippen MR) is 81.7 cm³/mol. The van der Waals surface area contributed by atoms with Crippen LogP contribution in [-0.4, -0.2) is 23.5 Å². The minimum absolute atomic E-state index is 0.114. The van der Waals surface area contributed by atoms with Crippen molar-refractivity contribution in [2.45, 2.75) is 25.3 Å². The molecular formula is C15H19N3OS. The summed E-state index contributed by atoms with van der Waals surface area (Å²) in [5.41, 5.74) is 7.00. The van der Waals surface area contributed by atoms with Gasteiger partial charge in [0, 0.05) is 24.0 Å². The zero-order valence-electron chi connectivity index (χ0n) is 11.5. The van der Waals surface area contributed by atoms with Gasteiger partial charge < -0.3 is 11.1 Å². The minimum atomic E-state index is -0.513. The molecule has 3 N–H and O–H groups in total. The third-order valence-electron chi connectivity index (χ3n) is 3.09. The molecule has 0 spiro atoms. The quantitative estimate of drug-likeness (QED) is 0.854. The van der Waals surface area contributed by atoms with Crippen LogP contribution < -0.4 is 11.1 Å². The van der Waals surface area contributed by atoms with Crippen molar-refractivity contribution >= 4 is 17.2 Å². The highest BCUT2D eigenvalue weighted by Gasteiger charge is 2.16. The largest absolute Gasteiger partial charge is 0.354 e. The molecule has 1 aromatic carbocycles. The van der Waals surface area contributed by atoms with Crippen molar-refractivity contribution in [1.82, 2.24) is 10.3 Å². The molecule has 1 heterocycles. The number of carbonyl (C=O) groups is 1. The molecule has 1 amide bonds. The number of hydrogen-bond donors (Lipinski definition) is 2. The summed E-state index contributed by atoms with van der Waals surface area (Å²) in [6.07, 6.45) is 2.33. The maximum atomic E-state index is 12.0. The molecule has 2 aromatic rings. The van der Waals surface area contributed by atoms with Crippen molar-refractivity contribution in [2.24, 2.45) is 5.73 Å². The van der Waals surface area contributed by atoms with E-state index < -0.39 is 6.04 Å². The van der Waals surface area contributed by atoms with Gasteiger partial charge in [-0.15, -0.1) is 11.3 Å². The van der Waals surface area contributed by atoms with Crippen LogP contribution in [0, 0.1) is 0 Å². The summed E-state index contributed by atoms with van der Waals surface area (Å²) >= 11 is 1.60. The van der Waals surface area contributed by atoms with Crippen LogP contribution in [0.1, 0.15) is 23.4 Å². The number of thiazole rings is 1. The summed E-state index contributed by atoms with van der Waals surface area (Å²) in [5, 5.41) is 5.86. The third kappa shape index (κ3) is 4.15. The molecule has 20 heavy (non-hydrogen) atoms. The molecular weight excluding hydrogens is 270 g/mol. The molecule has 4 nitrogen and oxygen atoms in total. The Morgan fingerprint density at radius 2 is 2.15 bits per heavy atom. The average Bonchev–Trinajstić information content (AvgIpc) is 2.99. The zero-order valence-corrected chi connectivity index (χ0v) is 12.3. The second-order valence-electron chi connectivity index (χ2n) is 4.81. The molecule has 5 heteroatoms. The number of nitrogens with zero attached hydrogens (tertiary/aromatic N) is 1. The molecule has 1 aromatic heterocycles. The molecule has 2 rings (SSSR count). The molecule has 0 bridgehead atoms. The first-order valence-corrected chi connectivity index (χ1v) is 7.51. The van der Waals surface area contributed by atoms with E-state index in [9.17, 15) is 4.79 Å². The lowest BCUT2D eigenvalue weighted by Crippen LogP contribution is -2.43. The number of nitrogens with two attached hydrogens (primary N) is 1. The van der Waals surface area contributed by atoms with E-state index in [1.807, 2.05) is 42.6 Å². The zero-order chi connectivity index (χ0) is 14.4. The van der Waals surface area contributed by atoms with Gasteiger partial charge in [-0.1, -0.05) is 37.3 Å². The van der Waals surface area contributed by atoms with Gasteiger partial charge in [0.2, 0.25) is 5.91 Å². The number of benzene rings is 1. The van der Waals surface area contributed by atoms with Gasteiger partial charge in [-0.2, -0.15) is 0 Å². The Bertz CT molecular complexity index is 527. The first kappa shape index (κ1) is 14.7. The SMILES string of the molecule is CC(CNC(=O)[C@@H](N)Cc1ccccc1)c1nccs1. The van der Waals surface area contributed by atoms with E-state index in [4.69, 9.17) is 5.73 Å². The van der Waals surface area contributed by atoms with Gasteiger partial charge in [0.15, 0.2) is 0 Å². The fraction of sp³-hybridized carbons (Fsp3) is 0.333. The summed E-state index contributed by atoms with van der Waals surface area (Å²) in [5.74, 6) is 0.0973. The number of carbonyl (C=O) groups excluding carboxylic acids is 1. The topological polar surface area (TPSA) is 68.0 Å². The van der Waals surface area contributed by atoms with Crippen molar-refractivity contribution in [3.8, 4) is 0 Å². The Labute approximate surface area is 123 Å². The second kappa shape index (κ2) is 7.17. The first-order valence-electron chi connectivity index (χ1n) is 6.63. The van der Waals surface area contributed by atoms with Gasteiger partial charge in [0.05, 0.1) is 11.0 Å². The van der Waals surface area contributed by atoms with Crippen molar-refractivity contribution < 1.29 is 4.79 Å². The Morgan fingerprint density at radius 1 is 1.40 bits per heavy atom. The molecule has 1 unspecified atom stereocenters. The van der Waals surface area contributed by atoms with Gasteiger partial charge in [-0.3, -0.25) is 4.79 Å². The smallest absolute Gasteiger partial charge is 0.237 e. The van der Waals surface area contributed by atoms with E-state index in [-0.39, 0.29) is 11.8 Å². The van der Waals surface area contributed by atoms with Gasteiger partial charge in [-0.25, -0.2) is 4.98 Å². The summed E-state index contributed by atoms with van der Waals surface area (Å²) in [7, 11) is 0. The molecule has 0 radical (unpaired) electrons. The minimum Gasteiger partial charge on any atom is -0.354 e. The van der Waals surface area contributed by atoms with E-state index in [0.29, 0.717) is 13.0 Å². The number of nitrogens with one attached hydrogen (secondary N) is 1. The van der Waals surface area contributed by atoms with Crippen LogP contribution in [0.15, 0.2) is 41.9 Å². The van der Waals surface area contributed by atoms with Gasteiger partial charge in [-0.05, 0) is 12.0 Å². The maximum Gasteiger partial charge on any atom is 0.237 e. The number of amides is 1. The highest BCUT2D eigenvalue weighted by Crippen LogP contribution is 2.16. The average molecular weight is 289 g/mol. The van der Waals surface area contributed by atoms with Gasteiger partial charge in [0.25, 0.3) is 0 Å². The fourth-order valence-electron chi connectivity index (χ4n) is 1.91. The molecule has 2 atom stereocenters. The number of rotatable bonds is 6. The Hall–Kier alpha value is -1.72. The molecule has 106 valence electrons. The number of hydrogen-bond acceptors (Lipinski definition) is 4. The van der Waals surface area contributed by atoms with E-state index in [0.717, 1.165) is 10.6 Å². The summed E-state index contributed by atoms with van der Waals surface area (Å²) in [6.45, 7) is 2.61. The molecule has 0 aliphatic carbocycles. The maximum absolute atomic E-state index is 12.0. The predicted octanol–water partition coefficient (Wildman–Crippen LogP) is 1.93. The third-order valence-corrected chi connectivity index (χ3v) is 4.10. The normalized spacial score (nSPS) is 13.7. The van der Waals surface area contributed by atoms with Crippen LogP contribution in [0.3, 0.4) is 0 Å². The number of aromatic nitrogens is 1. The first-order chi connectivity index (χ1) is 9.66. The molecule has 0 saturated heterocycles. The summed E-state index contributed by atoms with van der Waals surface area (Å²) < 4.78 is 0. The lowest BCUT2D eigenvalue weighted by molar-refractivity contribution is -0.122. The molecule has 0 aliphatic heterocycles. The van der Waals surface area contributed by atoms with Crippen molar-refractivity contribution in [2.75, 3.05) is 6.54 Å². The van der Waals surface area contributed by atoms with Crippen molar-refractivity contribution in [1.29, 1.82) is 0 Å². The van der Waals surface area contributed by atoms with E-state index >= 15 is 0 Å². The summed E-state index contributed by atoms with van der Waals surface area (Å²) in [6, 6.07) is 9.29. The highest BCUT2D eigenvalue weighted by molar-refractivity contribution is 7.09. The van der Waals surface area contributed by atoms with E-state index in [1.54, 1.807) is 17.5 Å². The Morgan fingerprint density at radius 3 is 2.80 bits per heavy atom. The van der Waals surface area contributed by atoms with Gasteiger partial charge >= 0.3 is 0 Å². The standard InChI is InChI=1S/C15H19N3OS/c1-11(15-17-7-8-20-15)10-18-14(19)13(16)9-12-5-3-2-4-6-12/h2-8,11,13H,9-10,16H2,1H3,(H,18,19)/t11?,13-/m0/s1. The van der Waals surface area contributed by atoms with Crippen LogP contribution >= 0.6 is 11.3 Å². The lowest BCUT2D eigenvalue weighted by atomic mass is 10.1. The van der Waals surface area contributed by atoms with Crippen LogP contribution in [0.4, 0.5) is 0 Å². The van der Waals surface area contributed by atoms with Crippen molar-refractivity contribution in [3.05, 3.63) is 52.5 Å². The van der Waals surface area contributed by atoms with Crippen LogP contribution in [0.5, 0.6) is 0 Å². The molecule has 0 fully saturated rings. The van der Waals surface area contributed by atoms with Crippen LogP contribution in [-0.2, 0) is 11.2 Å². The van der Waals surface area contributed by atoms with Crippen LogP contribution in [0.25, 0.3) is 0 Å². The van der Waals surface area contributed by atoms with Crippen molar-refractivity contribution in [3.63, 3.8) is 0 Å². The fourth-order valence-corrected chi connectivity index (χ4v) is 2.61. The van der Waals surface area contributed by atoms with Crippen LogP contribution in [0.2, 0.25) is 0 Å². The highest BCUT2D eigenvalue weighted by atomic mass is 32.1. The van der Waals surface area contributed by atoms with E-state index in [2.05, 4.69) is 10.3 Å².